The molecule has 2 N–H and O–H groups in total. The lowest BCUT2D eigenvalue weighted by Gasteiger charge is -2.13. The Morgan fingerprint density at radius 2 is 2.00 bits per heavy atom. The predicted molar refractivity (Wildman–Crippen MR) is 80.5 cm³/mol. The van der Waals surface area contributed by atoms with Gasteiger partial charge in [-0.1, -0.05) is 31.2 Å². The molecule has 0 aliphatic heterocycles. The van der Waals surface area contributed by atoms with Gasteiger partial charge in [0, 0.05) is 28.5 Å². The molecule has 0 saturated carbocycles. The van der Waals surface area contributed by atoms with Gasteiger partial charge in [-0.15, -0.1) is 0 Å². The van der Waals surface area contributed by atoms with Crippen LogP contribution < -0.4 is 0 Å². The first-order valence-electron chi connectivity index (χ1n) is 6.44. The third-order valence-corrected chi connectivity index (χ3v) is 4.25. The molecular formula is C15H19NO2S. The number of hydrogen-bond donors (Lipinski definition) is 2. The molecule has 102 valence electrons. The summed E-state index contributed by atoms with van der Waals surface area (Å²) in [6.45, 7) is 1.94. The Hall–Kier alpha value is -1.10. The molecule has 2 atom stereocenters. The Morgan fingerprint density at radius 1 is 1.21 bits per heavy atom. The number of benzene rings is 1. The Morgan fingerprint density at radius 3 is 2.79 bits per heavy atom. The number of nitrogens with zero attached hydrogens (tertiary/aromatic N) is 1. The van der Waals surface area contributed by atoms with Gasteiger partial charge in [-0.25, -0.2) is 0 Å². The van der Waals surface area contributed by atoms with Gasteiger partial charge >= 0.3 is 0 Å². The van der Waals surface area contributed by atoms with Crippen LogP contribution in [0, 0.1) is 0 Å². The van der Waals surface area contributed by atoms with E-state index in [4.69, 9.17) is 5.11 Å². The summed E-state index contributed by atoms with van der Waals surface area (Å²) in [5.41, 5.74) is 2.09. The molecule has 1 aromatic heterocycles. The molecule has 3 nitrogen and oxygen atoms in total. The van der Waals surface area contributed by atoms with Crippen LogP contribution in [0.1, 0.15) is 12.6 Å². The van der Waals surface area contributed by atoms with Crippen molar-refractivity contribution in [1.29, 1.82) is 0 Å². The summed E-state index contributed by atoms with van der Waals surface area (Å²) >= 11 is 1.66. The molecule has 4 heteroatoms. The van der Waals surface area contributed by atoms with Gasteiger partial charge in [0.2, 0.25) is 0 Å². The van der Waals surface area contributed by atoms with Crippen LogP contribution in [0.2, 0.25) is 0 Å². The van der Waals surface area contributed by atoms with Crippen LogP contribution in [-0.2, 0) is 6.42 Å². The molecule has 0 aliphatic rings. The first-order valence-corrected chi connectivity index (χ1v) is 7.49. The Balaban J connectivity index is 1.96. The highest BCUT2D eigenvalue weighted by molar-refractivity contribution is 7.99. The van der Waals surface area contributed by atoms with E-state index < -0.39 is 6.10 Å². The maximum absolute atomic E-state index is 9.33. The average molecular weight is 277 g/mol. The molecule has 0 aliphatic carbocycles. The number of rotatable bonds is 6. The number of pyridine rings is 1. The van der Waals surface area contributed by atoms with Gasteiger partial charge in [0.05, 0.1) is 18.2 Å². The number of thioether (sulfide) groups is 1. The lowest BCUT2D eigenvalue weighted by Crippen LogP contribution is -2.17. The first kappa shape index (κ1) is 14.3. The monoisotopic (exact) mass is 277 g/mol. The predicted octanol–water partition coefficient (Wildman–Crippen LogP) is 2.25. The summed E-state index contributed by atoms with van der Waals surface area (Å²) in [6, 6.07) is 12.2. The second-order valence-corrected chi connectivity index (χ2v) is 6.15. The molecule has 1 heterocycles. The summed E-state index contributed by atoms with van der Waals surface area (Å²) < 4.78 is 0. The molecule has 2 aromatic rings. The smallest absolute Gasteiger partial charge is 0.0861 e. The van der Waals surface area contributed by atoms with Crippen LogP contribution in [0.15, 0.2) is 36.4 Å². The molecule has 2 rings (SSSR count). The van der Waals surface area contributed by atoms with Crippen molar-refractivity contribution in [3.8, 4) is 0 Å². The van der Waals surface area contributed by atoms with Gasteiger partial charge in [0.1, 0.15) is 0 Å². The minimum absolute atomic E-state index is 0.173. The minimum Gasteiger partial charge on any atom is -0.394 e. The normalized spacial score (nSPS) is 14.5. The quantitative estimate of drug-likeness (QED) is 0.850. The minimum atomic E-state index is -0.628. The lowest BCUT2D eigenvalue weighted by atomic mass is 10.1. The second kappa shape index (κ2) is 6.89. The van der Waals surface area contributed by atoms with Gasteiger partial charge < -0.3 is 10.2 Å². The molecular weight excluding hydrogens is 258 g/mol. The first-order chi connectivity index (χ1) is 9.19. The van der Waals surface area contributed by atoms with Crippen molar-refractivity contribution in [1.82, 2.24) is 4.98 Å². The van der Waals surface area contributed by atoms with Crippen LogP contribution in [0.3, 0.4) is 0 Å². The van der Waals surface area contributed by atoms with Crippen molar-refractivity contribution in [2.75, 3.05) is 12.4 Å². The molecule has 0 amide bonds. The molecule has 0 bridgehead atoms. The molecule has 0 fully saturated rings. The highest BCUT2D eigenvalue weighted by atomic mass is 32.2. The molecule has 0 spiro atoms. The fourth-order valence-corrected chi connectivity index (χ4v) is 2.85. The van der Waals surface area contributed by atoms with Gasteiger partial charge in [-0.05, 0) is 12.1 Å². The van der Waals surface area contributed by atoms with Crippen molar-refractivity contribution in [2.24, 2.45) is 0 Å². The third-order valence-electron chi connectivity index (χ3n) is 2.94. The van der Waals surface area contributed by atoms with E-state index in [1.54, 1.807) is 11.8 Å². The fourth-order valence-electron chi connectivity index (χ4n) is 1.90. The zero-order valence-electron chi connectivity index (χ0n) is 11.0. The number of fused-ring (bicyclic) bond motifs is 1. The molecule has 19 heavy (non-hydrogen) atoms. The van der Waals surface area contributed by atoms with Crippen molar-refractivity contribution in [2.45, 2.75) is 24.7 Å². The largest absolute Gasteiger partial charge is 0.394 e. The highest BCUT2D eigenvalue weighted by Crippen LogP contribution is 2.18. The van der Waals surface area contributed by atoms with Gasteiger partial charge in [-0.2, -0.15) is 11.8 Å². The van der Waals surface area contributed by atoms with E-state index in [-0.39, 0.29) is 6.61 Å². The number of para-hydroxylation sites is 1. The van der Waals surface area contributed by atoms with Crippen molar-refractivity contribution in [3.63, 3.8) is 0 Å². The second-order valence-electron chi connectivity index (χ2n) is 4.68. The summed E-state index contributed by atoms with van der Waals surface area (Å²) in [4.78, 5) is 4.64. The molecule has 1 aromatic carbocycles. The summed E-state index contributed by atoms with van der Waals surface area (Å²) in [7, 11) is 0. The van der Waals surface area contributed by atoms with Crippen LogP contribution in [-0.4, -0.2) is 38.9 Å². The third kappa shape index (κ3) is 4.20. The van der Waals surface area contributed by atoms with Gasteiger partial charge in [-0.3, -0.25) is 4.98 Å². The fraction of sp³-hybridized carbons (Fsp3) is 0.400. The SMILES string of the molecule is CC(Cc1ccc2ccccc2n1)SCC(O)CO. The Kier molecular flexibility index (Phi) is 5.19. The van der Waals surface area contributed by atoms with Gasteiger partial charge in [0.25, 0.3) is 0 Å². The molecule has 0 saturated heterocycles. The van der Waals surface area contributed by atoms with E-state index in [0.29, 0.717) is 11.0 Å². The van der Waals surface area contributed by atoms with Gasteiger partial charge in [0.15, 0.2) is 0 Å². The average Bonchev–Trinajstić information content (AvgIpc) is 2.44. The van der Waals surface area contributed by atoms with E-state index in [2.05, 4.69) is 30.1 Å². The van der Waals surface area contributed by atoms with E-state index in [1.807, 2.05) is 18.2 Å². The van der Waals surface area contributed by atoms with E-state index >= 15 is 0 Å². The zero-order valence-corrected chi connectivity index (χ0v) is 11.8. The Bertz CT molecular complexity index is 532. The van der Waals surface area contributed by atoms with E-state index in [0.717, 1.165) is 23.0 Å². The summed E-state index contributed by atoms with van der Waals surface area (Å²) in [5, 5.41) is 19.6. The summed E-state index contributed by atoms with van der Waals surface area (Å²) in [5.74, 6) is 0.561. The highest BCUT2D eigenvalue weighted by Gasteiger charge is 2.09. The standard InChI is InChI=1S/C15H19NO2S/c1-11(19-10-14(18)9-17)8-13-7-6-12-4-2-3-5-15(12)16-13/h2-7,11,14,17-18H,8-10H2,1H3. The van der Waals surface area contributed by atoms with Crippen LogP contribution in [0.4, 0.5) is 0 Å². The zero-order chi connectivity index (χ0) is 13.7. The maximum atomic E-state index is 9.33. The lowest BCUT2D eigenvalue weighted by molar-refractivity contribution is 0.113. The van der Waals surface area contributed by atoms with E-state index in [9.17, 15) is 5.11 Å². The Labute approximate surface area is 117 Å². The van der Waals surface area contributed by atoms with E-state index in [1.165, 1.54) is 0 Å². The topological polar surface area (TPSA) is 53.4 Å². The maximum Gasteiger partial charge on any atom is 0.0861 e. The van der Waals surface area contributed by atoms with Crippen LogP contribution >= 0.6 is 11.8 Å². The molecule has 2 unspecified atom stereocenters. The van der Waals surface area contributed by atoms with Crippen LogP contribution in [0.5, 0.6) is 0 Å². The van der Waals surface area contributed by atoms with Crippen molar-refractivity contribution in [3.05, 3.63) is 42.1 Å². The number of aromatic nitrogens is 1. The van der Waals surface area contributed by atoms with Crippen molar-refractivity contribution < 1.29 is 10.2 Å². The van der Waals surface area contributed by atoms with Crippen molar-refractivity contribution >= 4 is 22.7 Å². The number of aliphatic hydroxyl groups excluding tert-OH is 2. The number of aliphatic hydroxyl groups is 2. The number of hydrogen-bond acceptors (Lipinski definition) is 4. The van der Waals surface area contributed by atoms with Crippen LogP contribution in [0.25, 0.3) is 10.9 Å². The molecule has 0 radical (unpaired) electrons. The summed E-state index contributed by atoms with van der Waals surface area (Å²) in [6.07, 6.45) is 0.241.